The van der Waals surface area contributed by atoms with Crippen molar-refractivity contribution in [3.8, 4) is 16.3 Å². The van der Waals surface area contributed by atoms with Gasteiger partial charge in [0.1, 0.15) is 16.6 Å². The molecule has 5 rings (SSSR count). The van der Waals surface area contributed by atoms with Crippen molar-refractivity contribution < 1.29 is 13.9 Å². The van der Waals surface area contributed by atoms with Crippen LogP contribution in [0.3, 0.4) is 0 Å². The Morgan fingerprint density at radius 1 is 1.09 bits per heavy atom. The number of rotatable bonds is 6. The lowest BCUT2D eigenvalue weighted by atomic mass is 10.2. The van der Waals surface area contributed by atoms with Crippen LogP contribution in [0.4, 0.5) is 4.39 Å². The number of fused-ring (bicyclic) bond motifs is 1. The van der Waals surface area contributed by atoms with Gasteiger partial charge in [0.2, 0.25) is 4.96 Å². The topological polar surface area (TPSA) is 80.0 Å². The van der Waals surface area contributed by atoms with Crippen LogP contribution < -0.4 is 10.3 Å². The smallest absolute Gasteiger partial charge is 0.275 e. The Bertz CT molecular complexity index is 1410. The average Bonchev–Trinajstić information content (AvgIpc) is 3.28. The lowest BCUT2D eigenvalue weighted by Crippen LogP contribution is -2.49. The van der Waals surface area contributed by atoms with E-state index in [1.165, 1.54) is 34.1 Å². The maximum absolute atomic E-state index is 13.2. The molecule has 0 spiro atoms. The summed E-state index contributed by atoms with van der Waals surface area (Å²) in [5.74, 6) is 0.324. The molecule has 2 aromatic heterocycles. The number of carbonyl (C=O) groups is 1. The second-order valence-electron chi connectivity index (χ2n) is 8.46. The molecule has 0 saturated carbocycles. The summed E-state index contributed by atoms with van der Waals surface area (Å²) in [6.07, 6.45) is 0. The first-order valence-corrected chi connectivity index (χ1v) is 12.1. The van der Waals surface area contributed by atoms with E-state index >= 15 is 0 Å². The van der Waals surface area contributed by atoms with E-state index < -0.39 is 0 Å². The van der Waals surface area contributed by atoms with Gasteiger partial charge < -0.3 is 9.64 Å². The molecule has 1 fully saturated rings. The van der Waals surface area contributed by atoms with Crippen LogP contribution in [-0.4, -0.2) is 63.1 Å². The van der Waals surface area contributed by atoms with Crippen LogP contribution in [0, 0.1) is 12.7 Å². The van der Waals surface area contributed by atoms with Crippen molar-refractivity contribution in [2.45, 2.75) is 13.5 Å². The van der Waals surface area contributed by atoms with Crippen LogP contribution >= 0.6 is 11.3 Å². The van der Waals surface area contributed by atoms with Crippen LogP contribution in [0.2, 0.25) is 0 Å². The van der Waals surface area contributed by atoms with Crippen molar-refractivity contribution in [3.63, 3.8) is 0 Å². The quantitative estimate of drug-likeness (QED) is 0.411. The number of hydrogen-bond donors (Lipinski definition) is 0. The zero-order valence-corrected chi connectivity index (χ0v) is 20.0. The van der Waals surface area contributed by atoms with Gasteiger partial charge in [-0.15, -0.1) is 0 Å². The normalized spacial score (nSPS) is 14.4. The molecule has 0 N–H and O–H groups in total. The first-order chi connectivity index (χ1) is 16.9. The molecule has 1 aliphatic rings. The molecule has 8 nitrogen and oxygen atoms in total. The lowest BCUT2D eigenvalue weighted by Gasteiger charge is -2.34. The third kappa shape index (κ3) is 5.39. The molecule has 0 aliphatic carbocycles. The van der Waals surface area contributed by atoms with E-state index in [1.54, 1.807) is 17.0 Å². The summed E-state index contributed by atoms with van der Waals surface area (Å²) in [5, 5.41) is 4.95. The fourth-order valence-corrected chi connectivity index (χ4v) is 4.90. The Hall–Kier alpha value is -3.63. The molecule has 1 saturated heterocycles. The van der Waals surface area contributed by atoms with Gasteiger partial charge in [0, 0.05) is 44.4 Å². The van der Waals surface area contributed by atoms with Crippen molar-refractivity contribution >= 4 is 22.2 Å². The van der Waals surface area contributed by atoms with E-state index in [9.17, 15) is 14.0 Å². The van der Waals surface area contributed by atoms with Crippen LogP contribution in [0.15, 0.2) is 59.4 Å². The first kappa shape index (κ1) is 23.1. The number of nitrogens with zero attached hydrogens (tertiary/aromatic N) is 5. The first-order valence-electron chi connectivity index (χ1n) is 11.3. The number of aryl methyl sites for hydroxylation is 1. The fourth-order valence-electron chi connectivity index (χ4n) is 3.97. The van der Waals surface area contributed by atoms with E-state index in [2.05, 4.69) is 15.0 Å². The maximum Gasteiger partial charge on any atom is 0.275 e. The molecule has 180 valence electrons. The van der Waals surface area contributed by atoms with Crippen molar-refractivity contribution in [1.29, 1.82) is 0 Å². The Morgan fingerprint density at radius 3 is 2.60 bits per heavy atom. The average molecular weight is 494 g/mol. The summed E-state index contributed by atoms with van der Waals surface area (Å²) in [7, 11) is 0. The van der Waals surface area contributed by atoms with Gasteiger partial charge in [-0.2, -0.15) is 9.61 Å². The molecule has 0 unspecified atom stereocenters. The number of carbonyl (C=O) groups excluding carboxylic acids is 1. The Kier molecular flexibility index (Phi) is 6.56. The molecule has 35 heavy (non-hydrogen) atoms. The van der Waals surface area contributed by atoms with E-state index in [0.29, 0.717) is 54.1 Å². The highest BCUT2D eigenvalue weighted by molar-refractivity contribution is 7.19. The van der Waals surface area contributed by atoms with Gasteiger partial charge in [0.05, 0.1) is 5.69 Å². The molecule has 0 radical (unpaired) electrons. The summed E-state index contributed by atoms with van der Waals surface area (Å²) in [5.41, 5.74) is 2.22. The van der Waals surface area contributed by atoms with E-state index in [-0.39, 0.29) is 23.9 Å². The minimum atomic E-state index is -0.326. The molecular weight excluding hydrogens is 469 g/mol. The number of halogens is 1. The van der Waals surface area contributed by atoms with Crippen LogP contribution in [0.1, 0.15) is 11.3 Å². The van der Waals surface area contributed by atoms with E-state index in [0.717, 1.165) is 11.1 Å². The number of ether oxygens (including phenoxy) is 1. The van der Waals surface area contributed by atoms with Gasteiger partial charge in [-0.05, 0) is 48.9 Å². The number of amides is 1. The summed E-state index contributed by atoms with van der Waals surface area (Å²) >= 11 is 1.29. The second-order valence-corrected chi connectivity index (χ2v) is 9.41. The van der Waals surface area contributed by atoms with Gasteiger partial charge in [0.25, 0.3) is 11.5 Å². The van der Waals surface area contributed by atoms with Gasteiger partial charge in [-0.25, -0.2) is 9.37 Å². The number of hydrogen-bond acceptors (Lipinski definition) is 7. The molecule has 10 heteroatoms. The molecule has 1 aliphatic heterocycles. The van der Waals surface area contributed by atoms with Crippen molar-refractivity contribution in [3.05, 3.63) is 82.0 Å². The summed E-state index contributed by atoms with van der Waals surface area (Å²) in [4.78, 5) is 34.3. The SMILES string of the molecule is Cc1cccc(OCC(=O)N2CCN(Cc3cc(=O)n4nc(-c5ccc(F)cc5)sc4n3)CC2)c1. The zero-order chi connectivity index (χ0) is 24.4. The highest BCUT2D eigenvalue weighted by Gasteiger charge is 2.22. The van der Waals surface area contributed by atoms with Gasteiger partial charge >= 0.3 is 0 Å². The van der Waals surface area contributed by atoms with Crippen LogP contribution in [0.5, 0.6) is 5.75 Å². The summed E-state index contributed by atoms with van der Waals surface area (Å²) in [6.45, 7) is 5.05. The largest absolute Gasteiger partial charge is 0.484 e. The summed E-state index contributed by atoms with van der Waals surface area (Å²) in [6, 6.07) is 15.1. The molecule has 0 bridgehead atoms. The molecule has 1 amide bonds. The Morgan fingerprint density at radius 2 is 1.86 bits per heavy atom. The molecule has 3 heterocycles. The van der Waals surface area contributed by atoms with E-state index in [1.807, 2.05) is 31.2 Å². The van der Waals surface area contributed by atoms with Gasteiger partial charge in [-0.3, -0.25) is 14.5 Å². The van der Waals surface area contributed by atoms with Crippen molar-refractivity contribution in [2.24, 2.45) is 0 Å². The van der Waals surface area contributed by atoms with E-state index in [4.69, 9.17) is 4.74 Å². The number of benzene rings is 2. The zero-order valence-electron chi connectivity index (χ0n) is 19.2. The third-order valence-corrected chi connectivity index (χ3v) is 6.81. The molecule has 4 aromatic rings. The van der Waals surface area contributed by atoms with Gasteiger partial charge in [-0.1, -0.05) is 23.5 Å². The molecule has 0 atom stereocenters. The fraction of sp³-hybridized carbons (Fsp3) is 0.280. The van der Waals surface area contributed by atoms with Crippen molar-refractivity contribution in [1.82, 2.24) is 24.4 Å². The highest BCUT2D eigenvalue weighted by atomic mass is 32.1. The Labute approximate surface area is 205 Å². The number of aromatic nitrogens is 3. The van der Waals surface area contributed by atoms with Crippen molar-refractivity contribution in [2.75, 3.05) is 32.8 Å². The molecular formula is C25H24FN5O3S. The predicted molar refractivity (Wildman–Crippen MR) is 131 cm³/mol. The van der Waals surface area contributed by atoms with Gasteiger partial charge in [0.15, 0.2) is 6.61 Å². The maximum atomic E-state index is 13.2. The highest BCUT2D eigenvalue weighted by Crippen LogP contribution is 2.24. The Balaban J connectivity index is 1.19. The standard InChI is InChI=1S/C25H24FN5O3S/c1-17-3-2-4-21(13-17)34-16-23(33)30-11-9-29(10-12-30)15-20-14-22(32)31-25(27-20)35-24(28-31)18-5-7-19(26)8-6-18/h2-8,13-14H,9-12,15-16H2,1H3. The minimum absolute atomic E-state index is 0.0141. The monoisotopic (exact) mass is 493 g/mol. The third-order valence-electron chi connectivity index (χ3n) is 5.85. The van der Waals surface area contributed by atoms with Crippen LogP contribution in [-0.2, 0) is 11.3 Å². The summed E-state index contributed by atoms with van der Waals surface area (Å²) < 4.78 is 20.1. The number of piperazine rings is 1. The molecule has 2 aromatic carbocycles. The van der Waals surface area contributed by atoms with Crippen LogP contribution in [0.25, 0.3) is 15.5 Å². The second kappa shape index (κ2) is 9.93. The predicted octanol–water partition coefficient (Wildman–Crippen LogP) is 2.99. The minimum Gasteiger partial charge on any atom is -0.484 e. The lowest BCUT2D eigenvalue weighted by molar-refractivity contribution is -0.135.